The van der Waals surface area contributed by atoms with E-state index in [0.29, 0.717) is 27.1 Å². The minimum absolute atomic E-state index is 0.317. The molecule has 4 nitrogen and oxygen atoms in total. The van der Waals surface area contributed by atoms with Crippen LogP contribution in [0.3, 0.4) is 0 Å². The van der Waals surface area contributed by atoms with Crippen molar-refractivity contribution in [3.8, 4) is 0 Å². The van der Waals surface area contributed by atoms with E-state index in [2.05, 4.69) is 16.0 Å². The van der Waals surface area contributed by atoms with Crippen molar-refractivity contribution in [3.05, 3.63) is 76.2 Å². The number of para-hydroxylation sites is 1. The van der Waals surface area contributed by atoms with Gasteiger partial charge in [0.05, 0.1) is 22.3 Å². The Balaban J connectivity index is 1.96. The highest BCUT2D eigenvalue weighted by atomic mass is 35.5. The topological polar surface area (TPSA) is 53.2 Å². The molecule has 0 saturated heterocycles. The number of benzene rings is 2. The molecule has 1 aliphatic heterocycles. The standard InChI is InChI=1S/C18H15ClFN3OS/c1-10-15(17(24)22-14-5-3-2-4-13(14)19)16(23-18(25)21-10)11-6-8-12(20)9-7-11/h2-9,16H,1H3,(H,22,24)(H2,21,23,25). The van der Waals surface area contributed by atoms with Gasteiger partial charge in [-0.05, 0) is 49.0 Å². The van der Waals surface area contributed by atoms with Crippen molar-refractivity contribution in [2.75, 3.05) is 5.32 Å². The molecule has 1 atom stereocenters. The number of halogens is 2. The van der Waals surface area contributed by atoms with E-state index in [9.17, 15) is 9.18 Å². The lowest BCUT2D eigenvalue weighted by Gasteiger charge is -2.30. The third-order valence-corrected chi connectivity index (χ3v) is 4.39. The Labute approximate surface area is 155 Å². The fourth-order valence-electron chi connectivity index (χ4n) is 2.65. The maximum absolute atomic E-state index is 13.2. The van der Waals surface area contributed by atoms with Gasteiger partial charge in [0.2, 0.25) is 0 Å². The zero-order valence-corrected chi connectivity index (χ0v) is 14.8. The predicted octanol–water partition coefficient (Wildman–Crippen LogP) is 3.91. The largest absolute Gasteiger partial charge is 0.351 e. The van der Waals surface area contributed by atoms with Crippen molar-refractivity contribution in [2.45, 2.75) is 13.0 Å². The van der Waals surface area contributed by atoms with E-state index in [1.807, 2.05) is 0 Å². The Morgan fingerprint density at radius 3 is 2.56 bits per heavy atom. The predicted molar refractivity (Wildman–Crippen MR) is 101 cm³/mol. The van der Waals surface area contributed by atoms with E-state index in [4.69, 9.17) is 23.8 Å². The molecule has 2 aromatic carbocycles. The average molecular weight is 376 g/mol. The third kappa shape index (κ3) is 3.81. The lowest BCUT2D eigenvalue weighted by atomic mass is 9.95. The Bertz CT molecular complexity index is 867. The molecule has 0 aromatic heterocycles. The van der Waals surface area contributed by atoms with Gasteiger partial charge in [-0.1, -0.05) is 35.9 Å². The van der Waals surface area contributed by atoms with Gasteiger partial charge in [0.1, 0.15) is 5.82 Å². The normalized spacial score (nSPS) is 16.9. The summed E-state index contributed by atoms with van der Waals surface area (Å²) in [5.41, 5.74) is 2.33. The Morgan fingerprint density at radius 2 is 1.88 bits per heavy atom. The van der Waals surface area contributed by atoms with Gasteiger partial charge in [-0.15, -0.1) is 0 Å². The zero-order valence-electron chi connectivity index (χ0n) is 13.3. The molecule has 3 rings (SSSR count). The first-order chi connectivity index (χ1) is 12.0. The van der Waals surface area contributed by atoms with Gasteiger partial charge in [-0.25, -0.2) is 4.39 Å². The highest BCUT2D eigenvalue weighted by molar-refractivity contribution is 7.80. The second kappa shape index (κ2) is 7.21. The van der Waals surface area contributed by atoms with E-state index in [1.54, 1.807) is 43.3 Å². The van der Waals surface area contributed by atoms with E-state index in [-0.39, 0.29) is 11.7 Å². The first-order valence-corrected chi connectivity index (χ1v) is 8.34. The van der Waals surface area contributed by atoms with Crippen molar-refractivity contribution in [2.24, 2.45) is 0 Å². The van der Waals surface area contributed by atoms with Crippen molar-refractivity contribution in [1.29, 1.82) is 0 Å². The maximum Gasteiger partial charge on any atom is 0.255 e. The quantitative estimate of drug-likeness (QED) is 0.712. The van der Waals surface area contributed by atoms with E-state index in [1.165, 1.54) is 12.1 Å². The van der Waals surface area contributed by atoms with E-state index in [0.717, 1.165) is 5.56 Å². The van der Waals surface area contributed by atoms with Gasteiger partial charge in [-0.2, -0.15) is 0 Å². The maximum atomic E-state index is 13.2. The Hall–Kier alpha value is -2.44. The van der Waals surface area contributed by atoms with Crippen LogP contribution in [0, 0.1) is 5.82 Å². The van der Waals surface area contributed by atoms with Crippen LogP contribution in [0.2, 0.25) is 5.02 Å². The minimum atomic E-state index is -0.489. The summed E-state index contributed by atoms with van der Waals surface area (Å²) in [5, 5.41) is 9.67. The first kappa shape index (κ1) is 17.4. The van der Waals surface area contributed by atoms with E-state index < -0.39 is 6.04 Å². The number of nitrogens with one attached hydrogen (secondary N) is 3. The molecule has 3 N–H and O–H groups in total. The van der Waals surface area contributed by atoms with Crippen LogP contribution in [-0.2, 0) is 4.79 Å². The number of thiocarbonyl (C=S) groups is 1. The molecule has 1 amide bonds. The molecule has 25 heavy (non-hydrogen) atoms. The fraction of sp³-hybridized carbons (Fsp3) is 0.111. The van der Waals surface area contributed by atoms with Crippen molar-refractivity contribution >= 4 is 40.5 Å². The molecule has 0 spiro atoms. The van der Waals surface area contributed by atoms with Gasteiger partial charge < -0.3 is 16.0 Å². The van der Waals surface area contributed by atoms with Crippen LogP contribution in [0.25, 0.3) is 0 Å². The summed E-state index contributed by atoms with van der Waals surface area (Å²) in [5.74, 6) is -0.662. The lowest BCUT2D eigenvalue weighted by molar-refractivity contribution is -0.113. The SMILES string of the molecule is CC1=C(C(=O)Nc2ccccc2Cl)C(c2ccc(F)cc2)NC(=S)N1. The molecule has 0 bridgehead atoms. The summed E-state index contributed by atoms with van der Waals surface area (Å²) in [4.78, 5) is 12.9. The minimum Gasteiger partial charge on any atom is -0.351 e. The number of anilines is 1. The molecular formula is C18H15ClFN3OS. The lowest BCUT2D eigenvalue weighted by Crippen LogP contribution is -2.45. The summed E-state index contributed by atoms with van der Waals surface area (Å²) >= 11 is 11.3. The number of carbonyl (C=O) groups excluding carboxylic acids is 1. The second-order valence-corrected chi connectivity index (χ2v) is 6.37. The molecule has 0 fully saturated rings. The molecule has 1 aliphatic rings. The van der Waals surface area contributed by atoms with Crippen LogP contribution in [0.4, 0.5) is 10.1 Å². The molecule has 128 valence electrons. The van der Waals surface area contributed by atoms with Crippen LogP contribution in [0.1, 0.15) is 18.5 Å². The molecule has 0 aliphatic carbocycles. The monoisotopic (exact) mass is 375 g/mol. The van der Waals surface area contributed by atoms with Crippen molar-refractivity contribution in [3.63, 3.8) is 0 Å². The van der Waals surface area contributed by atoms with Gasteiger partial charge in [0.15, 0.2) is 5.11 Å². The summed E-state index contributed by atoms with van der Waals surface area (Å²) in [7, 11) is 0. The fourth-order valence-corrected chi connectivity index (χ4v) is 3.11. The van der Waals surface area contributed by atoms with Gasteiger partial charge >= 0.3 is 0 Å². The number of amides is 1. The summed E-state index contributed by atoms with van der Waals surface area (Å²) < 4.78 is 13.2. The average Bonchev–Trinajstić information content (AvgIpc) is 2.57. The summed E-state index contributed by atoms with van der Waals surface area (Å²) in [6, 6.07) is 12.4. The summed E-state index contributed by atoms with van der Waals surface area (Å²) in [6.45, 7) is 1.77. The second-order valence-electron chi connectivity index (χ2n) is 5.56. The molecule has 1 unspecified atom stereocenters. The van der Waals surface area contributed by atoms with Gasteiger partial charge in [0, 0.05) is 5.70 Å². The Kier molecular flexibility index (Phi) is 5.01. The van der Waals surface area contributed by atoms with Crippen molar-refractivity contribution in [1.82, 2.24) is 10.6 Å². The summed E-state index contributed by atoms with van der Waals surface area (Å²) in [6.07, 6.45) is 0. The van der Waals surface area contributed by atoms with Gasteiger partial charge in [0.25, 0.3) is 5.91 Å². The van der Waals surface area contributed by atoms with Crippen molar-refractivity contribution < 1.29 is 9.18 Å². The van der Waals surface area contributed by atoms with Crippen LogP contribution >= 0.6 is 23.8 Å². The number of allylic oxidation sites excluding steroid dienone is 1. The molecule has 1 heterocycles. The smallest absolute Gasteiger partial charge is 0.255 e. The van der Waals surface area contributed by atoms with Crippen LogP contribution in [0.5, 0.6) is 0 Å². The van der Waals surface area contributed by atoms with E-state index >= 15 is 0 Å². The third-order valence-electron chi connectivity index (χ3n) is 3.84. The number of hydrogen-bond donors (Lipinski definition) is 3. The highest BCUT2D eigenvalue weighted by Crippen LogP contribution is 2.29. The van der Waals surface area contributed by atoms with Gasteiger partial charge in [-0.3, -0.25) is 4.79 Å². The number of hydrogen-bond acceptors (Lipinski definition) is 2. The first-order valence-electron chi connectivity index (χ1n) is 7.55. The zero-order chi connectivity index (χ0) is 18.0. The van der Waals surface area contributed by atoms with Crippen LogP contribution in [0.15, 0.2) is 59.8 Å². The number of rotatable bonds is 3. The molecule has 2 aromatic rings. The van der Waals surface area contributed by atoms with Crippen LogP contribution in [-0.4, -0.2) is 11.0 Å². The molecule has 7 heteroatoms. The Morgan fingerprint density at radius 1 is 1.20 bits per heavy atom. The molecule has 0 radical (unpaired) electrons. The molecule has 0 saturated carbocycles. The molecular weight excluding hydrogens is 361 g/mol. The highest BCUT2D eigenvalue weighted by Gasteiger charge is 2.30. The van der Waals surface area contributed by atoms with Crippen LogP contribution < -0.4 is 16.0 Å². The number of carbonyl (C=O) groups is 1.